The maximum Gasteiger partial charge on any atom is 0.200 e. The summed E-state index contributed by atoms with van der Waals surface area (Å²) in [7, 11) is 1.54. The van der Waals surface area contributed by atoms with E-state index in [9.17, 15) is 9.90 Å². The van der Waals surface area contributed by atoms with Crippen molar-refractivity contribution in [3.63, 3.8) is 0 Å². The Morgan fingerprint density at radius 2 is 2.17 bits per heavy atom. The average Bonchev–Trinajstić information content (AvgIpc) is 2.39. The highest BCUT2D eigenvalue weighted by Crippen LogP contribution is 2.28. The minimum atomic E-state index is -1.55. The maximum atomic E-state index is 12.3. The Hall–Kier alpha value is -1.58. The average molecular weight is 265 g/mol. The van der Waals surface area contributed by atoms with E-state index in [4.69, 9.17) is 16.3 Å². The molecule has 1 aliphatic carbocycles. The lowest BCUT2D eigenvalue weighted by molar-refractivity contribution is 0.0527. The summed E-state index contributed by atoms with van der Waals surface area (Å²) in [5.74, 6) is 0.224. The van der Waals surface area contributed by atoms with Crippen LogP contribution in [0.4, 0.5) is 0 Å². The van der Waals surface area contributed by atoms with E-state index in [0.717, 1.165) is 0 Å². The predicted molar refractivity (Wildman–Crippen MR) is 69.6 cm³/mol. The van der Waals surface area contributed by atoms with Crippen molar-refractivity contribution in [3.05, 3.63) is 58.8 Å². The van der Waals surface area contributed by atoms with Gasteiger partial charge in [-0.1, -0.05) is 23.7 Å². The number of allylic oxidation sites excluding steroid dienone is 1. The molecule has 0 saturated carbocycles. The topological polar surface area (TPSA) is 46.5 Å². The van der Waals surface area contributed by atoms with Gasteiger partial charge in [-0.3, -0.25) is 4.79 Å². The van der Waals surface area contributed by atoms with Gasteiger partial charge in [0.25, 0.3) is 0 Å². The summed E-state index contributed by atoms with van der Waals surface area (Å²) in [5, 5.41) is 10.7. The van der Waals surface area contributed by atoms with Gasteiger partial charge in [0.1, 0.15) is 11.4 Å². The monoisotopic (exact) mass is 264 g/mol. The van der Waals surface area contributed by atoms with Crippen molar-refractivity contribution in [2.45, 2.75) is 12.0 Å². The largest absolute Gasteiger partial charge is 0.497 e. The lowest BCUT2D eigenvalue weighted by atomic mass is 9.86. The van der Waals surface area contributed by atoms with Crippen LogP contribution in [0.15, 0.2) is 48.3 Å². The Labute approximate surface area is 110 Å². The number of halogens is 1. The molecular formula is C14H13ClO3. The van der Waals surface area contributed by atoms with Gasteiger partial charge in [0.15, 0.2) is 5.78 Å². The molecule has 1 aliphatic rings. The molecule has 0 spiro atoms. The molecule has 1 unspecified atom stereocenters. The molecule has 2 rings (SSSR count). The summed E-state index contributed by atoms with van der Waals surface area (Å²) in [6.45, 7) is 0. The van der Waals surface area contributed by atoms with E-state index in [2.05, 4.69) is 0 Å². The Morgan fingerprint density at radius 1 is 1.44 bits per heavy atom. The SMILES string of the molecule is COC1=CCC(O)(C(=O)c2ccccc2Cl)C=C1. The zero-order chi connectivity index (χ0) is 13.2. The molecule has 0 aliphatic heterocycles. The standard InChI is InChI=1S/C14H13ClO3/c1-18-10-6-8-14(17,9-7-10)13(16)11-4-2-3-5-12(11)15/h2-8,17H,9H2,1H3. The van der Waals surface area contributed by atoms with Crippen LogP contribution in [-0.2, 0) is 4.74 Å². The number of hydrogen-bond acceptors (Lipinski definition) is 3. The van der Waals surface area contributed by atoms with Crippen LogP contribution >= 0.6 is 11.6 Å². The van der Waals surface area contributed by atoms with Crippen LogP contribution < -0.4 is 0 Å². The summed E-state index contributed by atoms with van der Waals surface area (Å²) in [4.78, 5) is 12.3. The van der Waals surface area contributed by atoms with Gasteiger partial charge in [-0.05, 0) is 30.4 Å². The Kier molecular flexibility index (Phi) is 3.55. The number of ether oxygens (including phenoxy) is 1. The van der Waals surface area contributed by atoms with Gasteiger partial charge in [-0.15, -0.1) is 0 Å². The molecule has 0 fully saturated rings. The fourth-order valence-corrected chi connectivity index (χ4v) is 2.03. The molecular weight excluding hydrogens is 252 g/mol. The summed E-state index contributed by atoms with van der Waals surface area (Å²) < 4.78 is 5.02. The zero-order valence-electron chi connectivity index (χ0n) is 9.89. The Morgan fingerprint density at radius 3 is 2.72 bits per heavy atom. The van der Waals surface area contributed by atoms with Crippen LogP contribution in [0.1, 0.15) is 16.8 Å². The normalized spacial score (nSPS) is 22.5. The van der Waals surface area contributed by atoms with Crippen molar-refractivity contribution in [2.24, 2.45) is 0 Å². The lowest BCUT2D eigenvalue weighted by Crippen LogP contribution is -2.37. The molecule has 4 heteroatoms. The van der Waals surface area contributed by atoms with E-state index >= 15 is 0 Å². The summed E-state index contributed by atoms with van der Waals surface area (Å²) in [5.41, 5.74) is -1.23. The molecule has 0 bridgehead atoms. The summed E-state index contributed by atoms with van der Waals surface area (Å²) in [6, 6.07) is 6.68. The summed E-state index contributed by atoms with van der Waals surface area (Å²) >= 11 is 5.96. The van der Waals surface area contributed by atoms with Gasteiger partial charge in [-0.2, -0.15) is 0 Å². The molecule has 94 valence electrons. The second-order valence-corrected chi connectivity index (χ2v) is 4.49. The first kappa shape index (κ1) is 12.9. The minimum absolute atomic E-state index is 0.177. The molecule has 1 aromatic rings. The molecule has 0 amide bonds. The number of carbonyl (C=O) groups is 1. The summed E-state index contributed by atoms with van der Waals surface area (Å²) in [6.07, 6.45) is 4.88. The van der Waals surface area contributed by atoms with Gasteiger partial charge in [0.05, 0.1) is 12.1 Å². The third-order valence-electron chi connectivity index (χ3n) is 2.89. The number of Topliss-reactive ketones (excluding diaryl/α,β-unsaturated/α-hetero) is 1. The molecule has 0 radical (unpaired) electrons. The van der Waals surface area contributed by atoms with Crippen LogP contribution in [0, 0.1) is 0 Å². The van der Waals surface area contributed by atoms with Crippen LogP contribution in [0.3, 0.4) is 0 Å². The maximum absolute atomic E-state index is 12.3. The number of aliphatic hydroxyl groups is 1. The van der Waals surface area contributed by atoms with E-state index in [0.29, 0.717) is 16.3 Å². The van der Waals surface area contributed by atoms with Crippen LogP contribution in [0.25, 0.3) is 0 Å². The van der Waals surface area contributed by atoms with Crippen molar-refractivity contribution >= 4 is 17.4 Å². The zero-order valence-corrected chi connectivity index (χ0v) is 10.6. The second-order valence-electron chi connectivity index (χ2n) is 4.08. The van der Waals surface area contributed by atoms with Gasteiger partial charge in [-0.25, -0.2) is 0 Å². The van der Waals surface area contributed by atoms with E-state index in [1.807, 2.05) is 0 Å². The molecule has 1 aromatic carbocycles. The van der Waals surface area contributed by atoms with Crippen LogP contribution in [0.2, 0.25) is 5.02 Å². The quantitative estimate of drug-likeness (QED) is 0.854. The van der Waals surface area contributed by atoms with Gasteiger partial charge in [0.2, 0.25) is 0 Å². The number of methoxy groups -OCH3 is 1. The van der Waals surface area contributed by atoms with Crippen LogP contribution in [-0.4, -0.2) is 23.6 Å². The third kappa shape index (κ3) is 2.33. The van der Waals surface area contributed by atoms with E-state index in [-0.39, 0.29) is 6.42 Å². The van der Waals surface area contributed by atoms with Gasteiger partial charge in [0, 0.05) is 12.0 Å². The molecule has 0 aromatic heterocycles. The Balaban J connectivity index is 2.29. The number of rotatable bonds is 3. The highest BCUT2D eigenvalue weighted by atomic mass is 35.5. The highest BCUT2D eigenvalue weighted by Gasteiger charge is 2.35. The third-order valence-corrected chi connectivity index (χ3v) is 3.21. The van der Waals surface area contributed by atoms with E-state index in [1.54, 1.807) is 36.4 Å². The molecule has 0 saturated heterocycles. The van der Waals surface area contributed by atoms with Crippen molar-refractivity contribution in [2.75, 3.05) is 7.11 Å². The molecule has 0 heterocycles. The smallest absolute Gasteiger partial charge is 0.200 e. The number of carbonyl (C=O) groups excluding carboxylic acids is 1. The second kappa shape index (κ2) is 4.96. The minimum Gasteiger partial charge on any atom is -0.497 e. The van der Waals surface area contributed by atoms with Crippen molar-refractivity contribution in [1.29, 1.82) is 0 Å². The lowest BCUT2D eigenvalue weighted by Gasteiger charge is -2.25. The van der Waals surface area contributed by atoms with E-state index < -0.39 is 11.4 Å². The molecule has 1 atom stereocenters. The van der Waals surface area contributed by atoms with Gasteiger partial charge < -0.3 is 9.84 Å². The first-order valence-electron chi connectivity index (χ1n) is 5.52. The fraction of sp³-hybridized carbons (Fsp3) is 0.214. The van der Waals surface area contributed by atoms with Crippen LogP contribution in [0.5, 0.6) is 0 Å². The molecule has 3 nitrogen and oxygen atoms in total. The molecule has 18 heavy (non-hydrogen) atoms. The highest BCUT2D eigenvalue weighted by molar-refractivity contribution is 6.34. The Bertz CT molecular complexity index is 534. The number of hydrogen-bond donors (Lipinski definition) is 1. The van der Waals surface area contributed by atoms with E-state index in [1.165, 1.54) is 13.2 Å². The fourth-order valence-electron chi connectivity index (χ4n) is 1.81. The van der Waals surface area contributed by atoms with Gasteiger partial charge >= 0.3 is 0 Å². The predicted octanol–water partition coefficient (Wildman–Crippen LogP) is 2.74. The first-order valence-corrected chi connectivity index (χ1v) is 5.90. The van der Waals surface area contributed by atoms with Crippen molar-refractivity contribution in [1.82, 2.24) is 0 Å². The van der Waals surface area contributed by atoms with Crippen molar-refractivity contribution in [3.8, 4) is 0 Å². The van der Waals surface area contributed by atoms with Crippen molar-refractivity contribution < 1.29 is 14.6 Å². The number of benzene rings is 1. The first-order chi connectivity index (χ1) is 8.57. The molecule has 1 N–H and O–H groups in total. The number of ketones is 1.